The number of nitrogens with zero attached hydrogens (tertiary/aromatic N) is 15. The van der Waals surface area contributed by atoms with Gasteiger partial charge in [-0.3, -0.25) is 0 Å². The summed E-state index contributed by atoms with van der Waals surface area (Å²) in [5.41, 5.74) is 4.10. The molecule has 0 spiro atoms. The molecule has 36 nitrogen and oxygen atoms in total. The highest BCUT2D eigenvalue weighted by Crippen LogP contribution is 2.31. The standard InChI is InChI=1S/C70H79N15O21/c1-70(106-57-24-12-48(13-25-57)76-73-45-6-18-54(19-7-45)100-37-51-34-85(82-79-51)28-31-97-69-66(94)63(91)60(88)40-103-69,41-104-55-20-8-46(9-21-55)74-71-43-2-14-52(15-3-43)98-35-49-32-83(80-77-49)26-29-95-67-64(92)61(89)58(86)38-101-67)42-105-56-22-10-47(11-23-56)75-72-44-4-16-53(17-5-44)99-36-50-33-84(81-78-50)27-30-96-68-65(93)62(90)59(87)39-102-68/h2-25,32-34,58-69,86-94H,26-31,35-42H2,1H3/t58-,59-,60-,61-,62-,63-,64+,65+,66+,67+,68+,69+,70?/m1/s1. The highest BCUT2D eigenvalue weighted by Gasteiger charge is 2.40. The topological polar surface area (TPSA) is 459 Å². The van der Waals surface area contributed by atoms with Crippen LogP contribution in [-0.4, -0.2) is 223 Å². The number of ether oxygens (including phenoxy) is 12. The van der Waals surface area contributed by atoms with Crippen molar-refractivity contribution in [2.75, 3.05) is 52.9 Å². The lowest BCUT2D eigenvalue weighted by molar-refractivity contribution is -0.270. The summed E-state index contributed by atoms with van der Waals surface area (Å²) >= 11 is 0. The van der Waals surface area contributed by atoms with E-state index in [1.807, 2.05) is 6.92 Å². The van der Waals surface area contributed by atoms with E-state index in [0.717, 1.165) is 0 Å². The third-order valence-corrected chi connectivity index (χ3v) is 16.4. The largest absolute Gasteiger partial charge is 0.489 e. The Bertz CT molecular complexity index is 4080. The lowest BCUT2D eigenvalue weighted by Gasteiger charge is -2.34. The molecule has 0 amide bonds. The number of hydrogen-bond donors (Lipinski definition) is 9. The van der Waals surface area contributed by atoms with Crippen LogP contribution in [0.4, 0.5) is 34.1 Å². The number of benzene rings is 6. The highest BCUT2D eigenvalue weighted by atomic mass is 16.7. The molecule has 3 saturated heterocycles. The van der Waals surface area contributed by atoms with Crippen LogP contribution in [-0.2, 0) is 67.9 Å². The van der Waals surface area contributed by atoms with E-state index < -0.39 is 79.4 Å². The number of rotatable bonds is 35. The van der Waals surface area contributed by atoms with Crippen LogP contribution in [0.15, 0.2) is 195 Å². The van der Waals surface area contributed by atoms with Gasteiger partial charge in [-0.2, -0.15) is 30.7 Å². The van der Waals surface area contributed by atoms with Crippen LogP contribution in [0.2, 0.25) is 0 Å². The van der Waals surface area contributed by atoms with Gasteiger partial charge in [-0.25, -0.2) is 14.0 Å². The van der Waals surface area contributed by atoms with E-state index in [1.165, 1.54) is 0 Å². The van der Waals surface area contributed by atoms with Crippen LogP contribution in [0.25, 0.3) is 0 Å². The summed E-state index contributed by atoms with van der Waals surface area (Å²) in [7, 11) is 0. The molecule has 3 aliphatic heterocycles. The predicted molar refractivity (Wildman–Crippen MR) is 365 cm³/mol. The van der Waals surface area contributed by atoms with Gasteiger partial charge in [-0.1, -0.05) is 15.6 Å². The van der Waals surface area contributed by atoms with Crippen LogP contribution in [0.5, 0.6) is 34.5 Å². The van der Waals surface area contributed by atoms with Crippen molar-refractivity contribution in [1.82, 2.24) is 45.0 Å². The molecule has 9 N–H and O–H groups in total. The number of azo groups is 3. The van der Waals surface area contributed by atoms with E-state index in [-0.39, 0.29) is 79.2 Å². The first kappa shape index (κ1) is 75.4. The van der Waals surface area contributed by atoms with Crippen LogP contribution in [0, 0.1) is 0 Å². The molecule has 3 fully saturated rings. The normalized spacial score (nSPS) is 23.3. The van der Waals surface area contributed by atoms with Crippen molar-refractivity contribution in [3.63, 3.8) is 0 Å². The minimum atomic E-state index is -1.39. The number of aliphatic hydroxyl groups excluding tert-OH is 9. The fourth-order valence-electron chi connectivity index (χ4n) is 10.4. The fraction of sp³-hybridized carbons (Fsp3) is 0.400. The van der Waals surface area contributed by atoms with E-state index >= 15 is 0 Å². The molecule has 12 rings (SSSR count). The molecule has 0 saturated carbocycles. The molecule has 560 valence electrons. The van der Waals surface area contributed by atoms with Crippen LogP contribution in [0.1, 0.15) is 24.0 Å². The first-order chi connectivity index (χ1) is 51.5. The van der Waals surface area contributed by atoms with Crippen molar-refractivity contribution in [3.8, 4) is 34.5 Å². The molecule has 3 aromatic heterocycles. The molecule has 106 heavy (non-hydrogen) atoms. The van der Waals surface area contributed by atoms with Crippen LogP contribution < -0.4 is 28.4 Å². The Morgan fingerprint density at radius 1 is 0.349 bits per heavy atom. The molecule has 0 unspecified atom stereocenters. The molecule has 3 aliphatic rings. The monoisotopic (exact) mass is 1470 g/mol. The summed E-state index contributed by atoms with van der Waals surface area (Å²) in [5.74, 6) is 3.30. The van der Waals surface area contributed by atoms with Crippen molar-refractivity contribution < 1.29 is 103 Å². The average molecular weight is 1470 g/mol. The van der Waals surface area contributed by atoms with Gasteiger partial charge in [-0.15, -0.1) is 15.3 Å². The lowest BCUT2D eigenvalue weighted by atomic mass is 10.1. The Morgan fingerprint density at radius 2 is 0.594 bits per heavy atom. The maximum atomic E-state index is 10.1. The lowest BCUT2D eigenvalue weighted by Crippen LogP contribution is -2.53. The van der Waals surface area contributed by atoms with E-state index in [4.69, 9.17) is 56.8 Å². The molecule has 6 heterocycles. The zero-order valence-corrected chi connectivity index (χ0v) is 57.0. The maximum absolute atomic E-state index is 10.1. The predicted octanol–water partition coefficient (Wildman–Crippen LogP) is 5.11. The number of aromatic nitrogens is 9. The Labute approximate surface area is 604 Å². The van der Waals surface area contributed by atoms with E-state index in [0.29, 0.717) is 98.8 Å². The van der Waals surface area contributed by atoms with Crippen molar-refractivity contribution in [1.29, 1.82) is 0 Å². The zero-order valence-electron chi connectivity index (χ0n) is 57.0. The summed E-state index contributed by atoms with van der Waals surface area (Å²) in [4.78, 5) is 0. The molecule has 0 bridgehead atoms. The van der Waals surface area contributed by atoms with Gasteiger partial charge < -0.3 is 103 Å². The maximum Gasteiger partial charge on any atom is 0.186 e. The second kappa shape index (κ2) is 36.6. The first-order valence-electron chi connectivity index (χ1n) is 33.7. The molecule has 12 atom stereocenters. The van der Waals surface area contributed by atoms with Gasteiger partial charge in [0.05, 0.1) is 112 Å². The number of aliphatic hydroxyl groups is 9. The van der Waals surface area contributed by atoms with E-state index in [2.05, 4.69) is 61.6 Å². The summed E-state index contributed by atoms with van der Waals surface area (Å²) in [6.45, 7) is 3.12. The van der Waals surface area contributed by atoms with Crippen molar-refractivity contribution >= 4 is 34.1 Å². The molecule has 0 aliphatic carbocycles. The quantitative estimate of drug-likeness (QED) is 0.0233. The van der Waals surface area contributed by atoms with Crippen molar-refractivity contribution in [2.45, 2.75) is 126 Å². The molecule has 6 aromatic carbocycles. The summed E-state index contributed by atoms with van der Waals surface area (Å²) in [6, 6.07) is 42.5. The summed E-state index contributed by atoms with van der Waals surface area (Å²) in [5, 5.41) is 140. The van der Waals surface area contributed by atoms with Crippen LogP contribution >= 0.6 is 0 Å². The fourth-order valence-corrected chi connectivity index (χ4v) is 10.4. The molecule has 36 heteroatoms. The van der Waals surface area contributed by atoms with Gasteiger partial charge in [0.1, 0.15) is 140 Å². The molecule has 0 radical (unpaired) electrons. The highest BCUT2D eigenvalue weighted by molar-refractivity contribution is 5.47. The first-order valence-corrected chi connectivity index (χ1v) is 33.7. The second-order valence-corrected chi connectivity index (χ2v) is 24.8. The Morgan fingerprint density at radius 3 is 0.858 bits per heavy atom. The Kier molecular flexibility index (Phi) is 26.1. The van der Waals surface area contributed by atoms with Crippen LogP contribution in [0.3, 0.4) is 0 Å². The Balaban J connectivity index is 0.615. The molecular weight excluding hydrogens is 1390 g/mol. The third-order valence-electron chi connectivity index (χ3n) is 16.4. The van der Waals surface area contributed by atoms with Gasteiger partial charge in [0.15, 0.2) is 24.5 Å². The zero-order chi connectivity index (χ0) is 73.8. The SMILES string of the molecule is CC(COc1ccc(N=Nc2ccc(OCc3cn(CCO[C@H]4OC[C@@H](O)[C@@H](O)[C@@H]4O)nn3)cc2)cc1)(COc1ccc(N=Nc2ccc(OCc3cn(CCO[C@H]4OC[C@@H](O)[C@@H](O)[C@@H]4O)nn3)cc2)cc1)Oc1ccc(N=Nc2ccc(OCc3cn(CCO[C@H]4OC[C@@H](O)[C@@H](O)[C@@H]4O)nn3)cc2)cc1. The molecular formula is C70H79N15O21. The van der Waals surface area contributed by atoms with E-state index in [9.17, 15) is 46.0 Å². The third kappa shape index (κ3) is 21.7. The average Bonchev–Trinajstić information content (AvgIpc) is 1.28. The Hall–Kier alpha value is -10.3. The van der Waals surface area contributed by atoms with Gasteiger partial charge in [0, 0.05) is 0 Å². The summed E-state index contributed by atoms with van der Waals surface area (Å²) in [6.07, 6.45) is -9.97. The van der Waals surface area contributed by atoms with Crippen molar-refractivity contribution in [3.05, 3.63) is 181 Å². The number of hydrogen-bond acceptors (Lipinski definition) is 33. The summed E-state index contributed by atoms with van der Waals surface area (Å²) < 4.78 is 74.2. The smallest absolute Gasteiger partial charge is 0.186 e. The van der Waals surface area contributed by atoms with Gasteiger partial charge >= 0.3 is 0 Å². The molecule has 9 aromatic rings. The minimum Gasteiger partial charge on any atom is -0.489 e. The van der Waals surface area contributed by atoms with Crippen molar-refractivity contribution in [2.24, 2.45) is 30.7 Å². The van der Waals surface area contributed by atoms with Gasteiger partial charge in [-0.05, 0) is 153 Å². The minimum absolute atomic E-state index is 0.0520. The van der Waals surface area contributed by atoms with Gasteiger partial charge in [0.2, 0.25) is 0 Å². The van der Waals surface area contributed by atoms with E-state index in [1.54, 1.807) is 178 Å². The van der Waals surface area contributed by atoms with Gasteiger partial charge in [0.25, 0.3) is 0 Å². The second-order valence-electron chi connectivity index (χ2n) is 24.8.